The first-order chi connectivity index (χ1) is 7.08. The van der Waals surface area contributed by atoms with E-state index in [1.54, 1.807) is 0 Å². The molecule has 2 rings (SSSR count). The number of amides is 1. The molecule has 1 heterocycles. The monoisotopic (exact) mass is 209 g/mol. The van der Waals surface area contributed by atoms with Crippen molar-refractivity contribution >= 4 is 12.1 Å². The van der Waals surface area contributed by atoms with E-state index in [2.05, 4.69) is 25.5 Å². The van der Waals surface area contributed by atoms with Gasteiger partial charge in [-0.3, -0.25) is 4.79 Å². The van der Waals surface area contributed by atoms with Gasteiger partial charge in [0, 0.05) is 19.8 Å². The van der Waals surface area contributed by atoms with Gasteiger partial charge >= 0.3 is 0 Å². The molecule has 0 aromatic heterocycles. The number of nitrogens with one attached hydrogen (secondary N) is 1. The van der Waals surface area contributed by atoms with Crippen molar-refractivity contribution in [1.82, 2.24) is 5.43 Å². The van der Waals surface area contributed by atoms with Gasteiger partial charge in [-0.15, -0.1) is 10.1 Å². The van der Waals surface area contributed by atoms with Gasteiger partial charge in [0.05, 0.1) is 6.42 Å². The van der Waals surface area contributed by atoms with Crippen LogP contribution in [0.15, 0.2) is 0 Å². The van der Waals surface area contributed by atoms with Crippen molar-refractivity contribution in [3.05, 3.63) is 0 Å². The van der Waals surface area contributed by atoms with Crippen LogP contribution in [0.2, 0.25) is 0 Å². The molecule has 84 valence electrons. The molecule has 1 aliphatic heterocycles. The number of hydrazone groups is 1. The van der Waals surface area contributed by atoms with Crippen LogP contribution in [-0.2, 0) is 4.79 Å². The molecule has 15 heavy (non-hydrogen) atoms. The van der Waals surface area contributed by atoms with Crippen LogP contribution in [0.1, 0.15) is 52.4 Å². The van der Waals surface area contributed by atoms with E-state index >= 15 is 0 Å². The van der Waals surface area contributed by atoms with Crippen LogP contribution in [0, 0.1) is 5.92 Å². The van der Waals surface area contributed by atoms with E-state index < -0.39 is 0 Å². The van der Waals surface area contributed by atoms with E-state index in [0.717, 1.165) is 0 Å². The zero-order valence-electron chi connectivity index (χ0n) is 9.75. The molecule has 1 N–H and O–H groups in total. The van der Waals surface area contributed by atoms with Gasteiger partial charge in [0.1, 0.15) is 0 Å². The maximum atomic E-state index is 11.3. The van der Waals surface area contributed by atoms with E-state index in [1.807, 2.05) is 4.68 Å². The Balaban J connectivity index is 2.08. The zero-order chi connectivity index (χ0) is 10.9. The maximum Gasteiger partial charge on any atom is 0.281 e. The molecule has 0 bridgehead atoms. The molecular weight excluding hydrogens is 188 g/mol. The summed E-state index contributed by atoms with van der Waals surface area (Å²) in [6.45, 7) is 4.23. The van der Waals surface area contributed by atoms with Crippen LogP contribution in [0.25, 0.3) is 0 Å². The fraction of sp³-hybridized carbons (Fsp3) is 0.833. The fourth-order valence-corrected chi connectivity index (χ4v) is 2.54. The van der Waals surface area contributed by atoms with E-state index in [-0.39, 0.29) is 11.4 Å². The Morgan fingerprint density at radius 2 is 2.00 bits per heavy atom. The summed E-state index contributed by atoms with van der Waals surface area (Å²) in [5, 5.41) is 0. The fourth-order valence-electron chi connectivity index (χ4n) is 2.54. The quantitative estimate of drug-likeness (QED) is 0.657. The minimum Gasteiger partial charge on any atom is -0.269 e. The Labute approximate surface area is 91.5 Å². The number of hydrogen-bond donors (Lipinski definition) is 1. The van der Waals surface area contributed by atoms with Crippen molar-refractivity contribution in [2.45, 2.75) is 57.9 Å². The molecule has 0 radical (unpaired) electrons. The Morgan fingerprint density at radius 1 is 1.33 bits per heavy atom. The average Bonchev–Trinajstić information content (AvgIpc) is 2.41. The molecule has 1 saturated heterocycles. The van der Waals surface area contributed by atoms with Crippen molar-refractivity contribution < 1.29 is 9.48 Å². The topological polar surface area (TPSA) is 32.1 Å². The summed E-state index contributed by atoms with van der Waals surface area (Å²) in [5.41, 5.74) is 2.88. The maximum absolute atomic E-state index is 11.3. The predicted molar refractivity (Wildman–Crippen MR) is 59.7 cm³/mol. The lowest BCUT2D eigenvalue weighted by atomic mass is 9.90. The van der Waals surface area contributed by atoms with Crippen LogP contribution in [0.5, 0.6) is 0 Å². The van der Waals surface area contributed by atoms with Crippen molar-refractivity contribution in [1.29, 1.82) is 0 Å². The summed E-state index contributed by atoms with van der Waals surface area (Å²) >= 11 is 0. The molecule has 1 saturated carbocycles. The molecule has 1 amide bonds. The largest absolute Gasteiger partial charge is 0.281 e. The highest BCUT2D eigenvalue weighted by Gasteiger charge is 2.42. The van der Waals surface area contributed by atoms with Gasteiger partial charge in [-0.25, -0.2) is 0 Å². The normalized spacial score (nSPS) is 29.5. The van der Waals surface area contributed by atoms with E-state index in [9.17, 15) is 4.79 Å². The highest BCUT2D eigenvalue weighted by molar-refractivity contribution is 5.78. The van der Waals surface area contributed by atoms with E-state index in [4.69, 9.17) is 0 Å². The van der Waals surface area contributed by atoms with Crippen molar-refractivity contribution in [2.75, 3.05) is 0 Å². The first kappa shape index (κ1) is 10.7. The molecule has 0 aromatic rings. The average molecular weight is 209 g/mol. The first-order valence-electron chi connectivity index (χ1n) is 6.02. The number of hydrazine groups is 1. The molecule has 0 aromatic carbocycles. The summed E-state index contributed by atoms with van der Waals surface area (Å²) in [5.74, 6) is 0.809. The van der Waals surface area contributed by atoms with Gasteiger partial charge in [0.25, 0.3) is 5.91 Å². The lowest BCUT2D eigenvalue weighted by Gasteiger charge is -2.18. The van der Waals surface area contributed by atoms with Gasteiger partial charge in [0.2, 0.25) is 0 Å². The highest BCUT2D eigenvalue weighted by Crippen LogP contribution is 2.24. The number of nitrogens with zero attached hydrogens (tertiary/aromatic N) is 1. The Hall–Kier alpha value is -0.860. The molecule has 2 aliphatic rings. The molecule has 1 aliphatic carbocycles. The Kier molecular flexibility index (Phi) is 2.81. The smallest absolute Gasteiger partial charge is 0.269 e. The highest BCUT2D eigenvalue weighted by atomic mass is 16.2. The lowest BCUT2D eigenvalue weighted by molar-refractivity contribution is -0.622. The number of hydrogen-bond acceptors (Lipinski definition) is 1. The Morgan fingerprint density at radius 3 is 2.53 bits per heavy atom. The third-order valence-electron chi connectivity index (χ3n) is 3.50. The van der Waals surface area contributed by atoms with Crippen molar-refractivity contribution in [3.63, 3.8) is 0 Å². The second-order valence-corrected chi connectivity index (χ2v) is 5.44. The SMILES string of the molecule is CC1(C)CC(=O)N/[N+]1=C\C1CCCCC1. The summed E-state index contributed by atoms with van der Waals surface area (Å²) in [7, 11) is 0. The van der Waals surface area contributed by atoms with E-state index in [1.165, 1.54) is 32.1 Å². The molecule has 0 spiro atoms. The molecule has 2 fully saturated rings. The van der Waals surface area contributed by atoms with Gasteiger partial charge in [0.15, 0.2) is 11.8 Å². The second kappa shape index (κ2) is 3.95. The predicted octanol–water partition coefficient (Wildman–Crippen LogP) is 1.86. The first-order valence-corrected chi connectivity index (χ1v) is 6.02. The van der Waals surface area contributed by atoms with Crippen molar-refractivity contribution in [3.8, 4) is 0 Å². The van der Waals surface area contributed by atoms with Gasteiger partial charge in [-0.05, 0) is 12.8 Å². The summed E-state index contributed by atoms with van der Waals surface area (Å²) in [4.78, 5) is 11.3. The number of carbonyl (C=O) groups excluding carboxylic acids is 1. The van der Waals surface area contributed by atoms with Crippen molar-refractivity contribution in [2.24, 2.45) is 5.92 Å². The summed E-state index contributed by atoms with van der Waals surface area (Å²) in [6, 6.07) is 0. The summed E-state index contributed by atoms with van der Waals surface area (Å²) < 4.78 is 2.03. The Bertz CT molecular complexity index is 288. The molecule has 3 heteroatoms. The molecule has 0 unspecified atom stereocenters. The van der Waals surface area contributed by atoms with E-state index in [0.29, 0.717) is 12.3 Å². The number of rotatable bonds is 1. The van der Waals surface area contributed by atoms with Crippen LogP contribution < -0.4 is 5.43 Å². The second-order valence-electron chi connectivity index (χ2n) is 5.44. The summed E-state index contributed by atoms with van der Waals surface area (Å²) in [6.07, 6.45) is 9.46. The molecule has 0 atom stereocenters. The standard InChI is InChI=1S/C12H20N2O/c1-12(2)8-11(15)13-14(12)9-10-6-4-3-5-7-10/h9-10H,3-8H2,1-2H3/p+1/b14-9-. The van der Waals surface area contributed by atoms with Crippen LogP contribution in [0.4, 0.5) is 0 Å². The van der Waals surface area contributed by atoms with Gasteiger partial charge in [-0.2, -0.15) is 0 Å². The number of carbonyl (C=O) groups is 1. The minimum absolute atomic E-state index is 0.0471. The van der Waals surface area contributed by atoms with Crippen LogP contribution >= 0.6 is 0 Å². The lowest BCUT2D eigenvalue weighted by Crippen LogP contribution is -2.38. The minimum atomic E-state index is -0.0471. The van der Waals surface area contributed by atoms with Crippen LogP contribution in [-0.4, -0.2) is 22.3 Å². The zero-order valence-corrected chi connectivity index (χ0v) is 9.75. The molecule has 3 nitrogen and oxygen atoms in total. The molecular formula is C12H21N2O+. The third kappa shape index (κ3) is 2.39. The van der Waals surface area contributed by atoms with Crippen LogP contribution in [0.3, 0.4) is 0 Å². The van der Waals surface area contributed by atoms with Gasteiger partial charge < -0.3 is 0 Å². The van der Waals surface area contributed by atoms with Gasteiger partial charge in [-0.1, -0.05) is 19.3 Å². The third-order valence-corrected chi connectivity index (χ3v) is 3.50.